The number of para-hydroxylation sites is 1. The van der Waals surface area contributed by atoms with Crippen LogP contribution < -0.4 is 24.6 Å². The predicted molar refractivity (Wildman–Crippen MR) is 108 cm³/mol. The summed E-state index contributed by atoms with van der Waals surface area (Å²) in [6.07, 6.45) is 0. The SMILES string of the molecule is Cc1ccccc1N1CC[NH+](CC(=O)N[C@@H](C)c2ccc3c(c2)OCO3)CC1. The number of hydrogen-bond acceptors (Lipinski definition) is 4. The van der Waals surface area contributed by atoms with Crippen LogP contribution in [-0.4, -0.2) is 45.4 Å². The lowest BCUT2D eigenvalue weighted by Crippen LogP contribution is -3.16. The van der Waals surface area contributed by atoms with Crippen molar-refractivity contribution in [3.05, 3.63) is 53.6 Å². The van der Waals surface area contributed by atoms with E-state index in [1.807, 2.05) is 25.1 Å². The molecule has 2 aliphatic heterocycles. The Labute approximate surface area is 166 Å². The Hall–Kier alpha value is -2.73. The third-order valence-electron chi connectivity index (χ3n) is 5.61. The highest BCUT2D eigenvalue weighted by atomic mass is 16.7. The van der Waals surface area contributed by atoms with Gasteiger partial charge in [0.15, 0.2) is 18.0 Å². The minimum atomic E-state index is -0.0605. The molecule has 0 spiro atoms. The number of carbonyl (C=O) groups excluding carboxylic acids is 1. The molecule has 0 aliphatic carbocycles. The molecule has 2 aromatic rings. The highest BCUT2D eigenvalue weighted by Crippen LogP contribution is 2.34. The summed E-state index contributed by atoms with van der Waals surface area (Å²) in [5.74, 6) is 1.60. The van der Waals surface area contributed by atoms with Crippen LogP contribution in [0.5, 0.6) is 11.5 Å². The first-order chi connectivity index (χ1) is 13.6. The van der Waals surface area contributed by atoms with Gasteiger partial charge in [0.25, 0.3) is 5.91 Å². The van der Waals surface area contributed by atoms with Gasteiger partial charge < -0.3 is 24.6 Å². The largest absolute Gasteiger partial charge is 0.454 e. The highest BCUT2D eigenvalue weighted by molar-refractivity contribution is 5.77. The molecule has 2 N–H and O–H groups in total. The van der Waals surface area contributed by atoms with Crippen molar-refractivity contribution in [1.82, 2.24) is 5.32 Å². The number of nitrogens with zero attached hydrogens (tertiary/aromatic N) is 1. The van der Waals surface area contributed by atoms with Crippen molar-refractivity contribution in [2.45, 2.75) is 19.9 Å². The van der Waals surface area contributed by atoms with Gasteiger partial charge in [-0.2, -0.15) is 0 Å². The third-order valence-corrected chi connectivity index (χ3v) is 5.61. The number of hydrogen-bond donors (Lipinski definition) is 2. The molecule has 0 bridgehead atoms. The Morgan fingerprint density at radius 3 is 2.68 bits per heavy atom. The molecule has 0 saturated carbocycles. The van der Waals surface area contributed by atoms with Crippen LogP contribution >= 0.6 is 0 Å². The molecule has 1 saturated heterocycles. The zero-order valence-electron chi connectivity index (χ0n) is 16.5. The quantitative estimate of drug-likeness (QED) is 0.819. The fourth-order valence-corrected chi connectivity index (χ4v) is 3.94. The second-order valence-corrected chi connectivity index (χ2v) is 7.60. The van der Waals surface area contributed by atoms with E-state index >= 15 is 0 Å². The second kappa shape index (κ2) is 8.10. The summed E-state index contributed by atoms with van der Waals surface area (Å²) >= 11 is 0. The van der Waals surface area contributed by atoms with Gasteiger partial charge in [-0.15, -0.1) is 0 Å². The summed E-state index contributed by atoms with van der Waals surface area (Å²) < 4.78 is 10.8. The number of quaternary nitrogens is 1. The number of carbonyl (C=O) groups is 1. The average Bonchev–Trinajstić information content (AvgIpc) is 3.17. The number of anilines is 1. The van der Waals surface area contributed by atoms with E-state index in [-0.39, 0.29) is 18.7 Å². The molecule has 0 aromatic heterocycles. The predicted octanol–water partition coefficient (Wildman–Crippen LogP) is 1.31. The first-order valence-corrected chi connectivity index (χ1v) is 9.93. The van der Waals surface area contributed by atoms with E-state index in [2.05, 4.69) is 41.4 Å². The molecule has 0 unspecified atom stereocenters. The zero-order chi connectivity index (χ0) is 19.5. The Morgan fingerprint density at radius 1 is 1.14 bits per heavy atom. The number of ether oxygens (including phenoxy) is 2. The smallest absolute Gasteiger partial charge is 0.275 e. The number of amides is 1. The molecule has 1 amide bonds. The van der Waals surface area contributed by atoms with Crippen molar-refractivity contribution in [2.75, 3.05) is 44.4 Å². The lowest BCUT2D eigenvalue weighted by atomic mass is 10.1. The summed E-state index contributed by atoms with van der Waals surface area (Å²) in [4.78, 5) is 16.3. The fourth-order valence-electron chi connectivity index (χ4n) is 3.94. The zero-order valence-corrected chi connectivity index (χ0v) is 16.5. The number of benzene rings is 2. The van der Waals surface area contributed by atoms with Crippen LogP contribution in [0.1, 0.15) is 24.1 Å². The van der Waals surface area contributed by atoms with E-state index in [1.54, 1.807) is 0 Å². The van der Waals surface area contributed by atoms with E-state index in [4.69, 9.17) is 9.47 Å². The summed E-state index contributed by atoms with van der Waals surface area (Å²) in [6, 6.07) is 14.3. The molecule has 148 valence electrons. The van der Waals surface area contributed by atoms with Crippen molar-refractivity contribution >= 4 is 11.6 Å². The van der Waals surface area contributed by atoms with Crippen molar-refractivity contribution in [1.29, 1.82) is 0 Å². The average molecular weight is 382 g/mol. The van der Waals surface area contributed by atoms with Gasteiger partial charge in [-0.3, -0.25) is 4.79 Å². The molecule has 2 aliphatic rings. The molecular formula is C22H28N3O3+. The van der Waals surface area contributed by atoms with Gasteiger partial charge in [-0.25, -0.2) is 0 Å². The summed E-state index contributed by atoms with van der Waals surface area (Å²) in [5, 5.41) is 3.12. The normalized spacial score (nSPS) is 17.4. The maximum Gasteiger partial charge on any atom is 0.275 e. The Bertz CT molecular complexity index is 847. The van der Waals surface area contributed by atoms with E-state index in [9.17, 15) is 4.79 Å². The monoisotopic (exact) mass is 382 g/mol. The van der Waals surface area contributed by atoms with Crippen LogP contribution in [0, 0.1) is 6.92 Å². The standard InChI is InChI=1S/C22H27N3O3/c1-16-5-3-4-6-19(16)25-11-9-24(10-12-25)14-22(26)23-17(2)18-7-8-20-21(13-18)28-15-27-20/h3-8,13,17H,9-12,14-15H2,1-2H3,(H,23,26)/p+1/t17-/m0/s1. The molecule has 6 heteroatoms. The Kier molecular flexibility index (Phi) is 5.39. The van der Waals surface area contributed by atoms with E-state index in [1.165, 1.54) is 16.2 Å². The minimum absolute atomic E-state index is 0.0605. The molecule has 28 heavy (non-hydrogen) atoms. The molecule has 4 rings (SSSR count). The molecule has 0 radical (unpaired) electrons. The highest BCUT2D eigenvalue weighted by Gasteiger charge is 2.24. The molecule has 6 nitrogen and oxygen atoms in total. The van der Waals surface area contributed by atoms with Gasteiger partial charge in [0.2, 0.25) is 6.79 Å². The van der Waals surface area contributed by atoms with Gasteiger partial charge in [0.05, 0.1) is 32.2 Å². The van der Waals surface area contributed by atoms with E-state index < -0.39 is 0 Å². The Balaban J connectivity index is 1.27. The third kappa shape index (κ3) is 4.07. The van der Waals surface area contributed by atoms with Gasteiger partial charge in [0, 0.05) is 5.69 Å². The Morgan fingerprint density at radius 2 is 1.89 bits per heavy atom. The van der Waals surface area contributed by atoms with Gasteiger partial charge in [-0.1, -0.05) is 24.3 Å². The molecular weight excluding hydrogens is 354 g/mol. The maximum absolute atomic E-state index is 12.5. The molecule has 1 fully saturated rings. The number of rotatable bonds is 5. The van der Waals surface area contributed by atoms with E-state index in [0.717, 1.165) is 43.2 Å². The van der Waals surface area contributed by atoms with Crippen LogP contribution in [0.2, 0.25) is 0 Å². The fraction of sp³-hybridized carbons (Fsp3) is 0.409. The van der Waals surface area contributed by atoms with Gasteiger partial charge >= 0.3 is 0 Å². The number of aryl methyl sites for hydroxylation is 1. The van der Waals surface area contributed by atoms with Gasteiger partial charge in [0.1, 0.15) is 0 Å². The molecule has 2 heterocycles. The molecule has 1 atom stereocenters. The summed E-state index contributed by atoms with van der Waals surface area (Å²) in [5.41, 5.74) is 3.64. The lowest BCUT2D eigenvalue weighted by Gasteiger charge is -2.34. The van der Waals surface area contributed by atoms with Crippen LogP contribution in [0.25, 0.3) is 0 Å². The summed E-state index contributed by atoms with van der Waals surface area (Å²) in [7, 11) is 0. The van der Waals surface area contributed by atoms with Gasteiger partial charge in [-0.05, 0) is 43.2 Å². The van der Waals surface area contributed by atoms with Crippen molar-refractivity contribution in [3.63, 3.8) is 0 Å². The van der Waals surface area contributed by atoms with Crippen molar-refractivity contribution in [3.8, 4) is 11.5 Å². The topological polar surface area (TPSA) is 55.2 Å². The van der Waals surface area contributed by atoms with E-state index in [0.29, 0.717) is 6.54 Å². The van der Waals surface area contributed by atoms with Crippen molar-refractivity contribution in [2.24, 2.45) is 0 Å². The van der Waals surface area contributed by atoms with Crippen LogP contribution in [-0.2, 0) is 4.79 Å². The van der Waals surface area contributed by atoms with Crippen LogP contribution in [0.3, 0.4) is 0 Å². The second-order valence-electron chi connectivity index (χ2n) is 7.60. The van der Waals surface area contributed by atoms with Crippen molar-refractivity contribution < 1.29 is 19.2 Å². The summed E-state index contributed by atoms with van der Waals surface area (Å²) in [6.45, 7) is 8.82. The van der Waals surface area contributed by atoms with Crippen LogP contribution in [0.15, 0.2) is 42.5 Å². The minimum Gasteiger partial charge on any atom is -0.454 e. The first-order valence-electron chi connectivity index (χ1n) is 9.93. The lowest BCUT2D eigenvalue weighted by molar-refractivity contribution is -0.892. The maximum atomic E-state index is 12.5. The number of nitrogens with one attached hydrogen (secondary N) is 2. The number of piperazine rings is 1. The first kappa shape index (κ1) is 18.6. The molecule has 2 aromatic carbocycles. The van der Waals surface area contributed by atoms with Crippen LogP contribution in [0.4, 0.5) is 5.69 Å². The number of fused-ring (bicyclic) bond motifs is 1.